The molecule has 0 radical (unpaired) electrons. The third kappa shape index (κ3) is 6.03. The molecule has 0 aromatic rings. The molecule has 0 aromatic heterocycles. The van der Waals surface area contributed by atoms with E-state index in [2.05, 4.69) is 10.6 Å². The minimum absolute atomic E-state index is 0.00653. The lowest BCUT2D eigenvalue weighted by molar-refractivity contribution is -0.129. The van der Waals surface area contributed by atoms with Crippen molar-refractivity contribution in [3.63, 3.8) is 0 Å². The number of hydrogen-bond acceptors (Lipinski definition) is 4. The SMILES string of the molecule is CNC(=O)CC(C)C(=O)NCC(O)CO. The zero-order valence-electron chi connectivity index (χ0n) is 8.99. The first kappa shape index (κ1) is 13.9. The first-order valence-electron chi connectivity index (χ1n) is 4.78. The number of hydrogen-bond donors (Lipinski definition) is 4. The highest BCUT2D eigenvalue weighted by atomic mass is 16.3. The molecule has 0 spiro atoms. The van der Waals surface area contributed by atoms with Crippen LogP contribution >= 0.6 is 0 Å². The molecule has 2 amide bonds. The zero-order valence-corrected chi connectivity index (χ0v) is 8.99. The maximum atomic E-state index is 11.3. The van der Waals surface area contributed by atoms with Crippen LogP contribution in [-0.2, 0) is 9.59 Å². The molecule has 4 N–H and O–H groups in total. The van der Waals surface area contributed by atoms with Gasteiger partial charge in [0.15, 0.2) is 0 Å². The number of carbonyl (C=O) groups excluding carboxylic acids is 2. The van der Waals surface area contributed by atoms with E-state index in [-0.39, 0.29) is 24.8 Å². The molecule has 0 fully saturated rings. The summed E-state index contributed by atoms with van der Waals surface area (Å²) in [6, 6.07) is 0. The maximum absolute atomic E-state index is 11.3. The lowest BCUT2D eigenvalue weighted by Gasteiger charge is -2.13. The minimum atomic E-state index is -0.957. The van der Waals surface area contributed by atoms with Gasteiger partial charge >= 0.3 is 0 Å². The van der Waals surface area contributed by atoms with E-state index in [4.69, 9.17) is 10.2 Å². The van der Waals surface area contributed by atoms with Crippen LogP contribution in [0.2, 0.25) is 0 Å². The molecule has 0 aliphatic heterocycles. The van der Waals surface area contributed by atoms with Crippen molar-refractivity contribution >= 4 is 11.8 Å². The van der Waals surface area contributed by atoms with Crippen molar-refractivity contribution in [2.75, 3.05) is 20.2 Å². The summed E-state index contributed by atoms with van der Waals surface area (Å²) < 4.78 is 0. The normalized spacial score (nSPS) is 14.1. The van der Waals surface area contributed by atoms with E-state index >= 15 is 0 Å². The fourth-order valence-corrected chi connectivity index (χ4v) is 0.930. The second-order valence-corrected chi connectivity index (χ2v) is 3.36. The second kappa shape index (κ2) is 7.19. The maximum Gasteiger partial charge on any atom is 0.223 e. The van der Waals surface area contributed by atoms with Crippen LogP contribution in [0.15, 0.2) is 0 Å². The summed E-state index contributed by atoms with van der Waals surface area (Å²) in [6.07, 6.45) is -0.849. The third-order valence-corrected chi connectivity index (χ3v) is 1.94. The second-order valence-electron chi connectivity index (χ2n) is 3.36. The van der Waals surface area contributed by atoms with Gasteiger partial charge in [0, 0.05) is 25.9 Å². The Balaban J connectivity index is 3.84. The van der Waals surface area contributed by atoms with E-state index < -0.39 is 18.6 Å². The number of carbonyl (C=O) groups is 2. The number of aliphatic hydroxyl groups excluding tert-OH is 2. The number of amides is 2. The van der Waals surface area contributed by atoms with E-state index in [9.17, 15) is 9.59 Å². The van der Waals surface area contributed by atoms with Crippen LogP contribution in [0, 0.1) is 5.92 Å². The molecule has 0 heterocycles. The molecule has 2 atom stereocenters. The highest BCUT2D eigenvalue weighted by Gasteiger charge is 2.16. The Labute approximate surface area is 88.7 Å². The summed E-state index contributed by atoms with van der Waals surface area (Å²) in [5.74, 6) is -0.970. The van der Waals surface area contributed by atoms with Crippen LogP contribution in [0.25, 0.3) is 0 Å². The number of rotatable bonds is 6. The monoisotopic (exact) mass is 218 g/mol. The van der Waals surface area contributed by atoms with Crippen molar-refractivity contribution in [2.45, 2.75) is 19.4 Å². The molecule has 0 bridgehead atoms. The van der Waals surface area contributed by atoms with Gasteiger partial charge in [-0.15, -0.1) is 0 Å². The van der Waals surface area contributed by atoms with Crippen molar-refractivity contribution in [3.8, 4) is 0 Å². The third-order valence-electron chi connectivity index (χ3n) is 1.94. The van der Waals surface area contributed by atoms with Gasteiger partial charge in [-0.05, 0) is 0 Å². The van der Waals surface area contributed by atoms with Crippen molar-refractivity contribution in [2.24, 2.45) is 5.92 Å². The van der Waals surface area contributed by atoms with Crippen molar-refractivity contribution in [1.29, 1.82) is 0 Å². The van der Waals surface area contributed by atoms with E-state index in [0.717, 1.165) is 0 Å². The Kier molecular flexibility index (Phi) is 6.64. The molecule has 6 nitrogen and oxygen atoms in total. The lowest BCUT2D eigenvalue weighted by atomic mass is 10.1. The average Bonchev–Trinajstić information content (AvgIpc) is 2.24. The van der Waals surface area contributed by atoms with Gasteiger partial charge in [0.2, 0.25) is 11.8 Å². The van der Waals surface area contributed by atoms with Crippen molar-refractivity contribution in [1.82, 2.24) is 10.6 Å². The van der Waals surface area contributed by atoms with E-state index in [1.807, 2.05) is 0 Å². The van der Waals surface area contributed by atoms with Crippen molar-refractivity contribution in [3.05, 3.63) is 0 Å². The first-order chi connectivity index (χ1) is 7.01. The van der Waals surface area contributed by atoms with Crippen LogP contribution in [0.1, 0.15) is 13.3 Å². The Hall–Kier alpha value is -1.14. The molecular weight excluding hydrogens is 200 g/mol. The summed E-state index contributed by atoms with van der Waals surface area (Å²) in [4.78, 5) is 22.3. The summed E-state index contributed by atoms with van der Waals surface area (Å²) in [7, 11) is 1.50. The summed E-state index contributed by atoms with van der Waals surface area (Å²) in [5.41, 5.74) is 0. The Morgan fingerprint density at radius 1 is 1.40 bits per heavy atom. The largest absolute Gasteiger partial charge is 0.394 e. The highest BCUT2D eigenvalue weighted by Crippen LogP contribution is 2.01. The standard InChI is InChI=1S/C9H18N2O4/c1-6(3-8(14)10-2)9(15)11-4-7(13)5-12/h6-7,12-13H,3-5H2,1-2H3,(H,10,14)(H,11,15). The fourth-order valence-electron chi connectivity index (χ4n) is 0.930. The first-order valence-corrected chi connectivity index (χ1v) is 4.78. The molecule has 0 aromatic carbocycles. The van der Waals surface area contributed by atoms with Gasteiger partial charge < -0.3 is 20.8 Å². The summed E-state index contributed by atoms with van der Waals surface area (Å²) >= 11 is 0. The molecule has 88 valence electrons. The van der Waals surface area contributed by atoms with Gasteiger partial charge in [0.25, 0.3) is 0 Å². The van der Waals surface area contributed by atoms with Gasteiger partial charge in [-0.2, -0.15) is 0 Å². The fraction of sp³-hybridized carbons (Fsp3) is 0.778. The molecule has 0 aliphatic carbocycles. The lowest BCUT2D eigenvalue weighted by Crippen LogP contribution is -2.38. The van der Waals surface area contributed by atoms with Gasteiger partial charge in [-0.3, -0.25) is 9.59 Å². The van der Waals surface area contributed by atoms with Crippen LogP contribution in [0.3, 0.4) is 0 Å². The number of nitrogens with one attached hydrogen (secondary N) is 2. The minimum Gasteiger partial charge on any atom is -0.394 e. The summed E-state index contributed by atoms with van der Waals surface area (Å²) in [5, 5.41) is 22.3. The molecule has 0 rings (SSSR count). The molecule has 0 saturated heterocycles. The van der Waals surface area contributed by atoms with E-state index in [1.54, 1.807) is 6.92 Å². The quantitative estimate of drug-likeness (QED) is 0.424. The molecule has 0 saturated carbocycles. The van der Waals surface area contributed by atoms with Gasteiger partial charge in [-0.1, -0.05) is 6.92 Å². The van der Waals surface area contributed by atoms with Gasteiger partial charge in [0.05, 0.1) is 12.7 Å². The van der Waals surface area contributed by atoms with Crippen LogP contribution in [0.5, 0.6) is 0 Å². The predicted molar refractivity (Wildman–Crippen MR) is 54.0 cm³/mol. The van der Waals surface area contributed by atoms with Gasteiger partial charge in [0.1, 0.15) is 0 Å². The smallest absolute Gasteiger partial charge is 0.223 e. The van der Waals surface area contributed by atoms with E-state index in [0.29, 0.717) is 0 Å². The highest BCUT2D eigenvalue weighted by molar-refractivity contribution is 5.85. The summed E-state index contributed by atoms with van der Waals surface area (Å²) in [6.45, 7) is 1.22. The van der Waals surface area contributed by atoms with Gasteiger partial charge in [-0.25, -0.2) is 0 Å². The van der Waals surface area contributed by atoms with Crippen LogP contribution in [-0.4, -0.2) is 48.3 Å². The van der Waals surface area contributed by atoms with E-state index in [1.165, 1.54) is 7.05 Å². The zero-order chi connectivity index (χ0) is 11.8. The molecule has 2 unspecified atom stereocenters. The molecule has 6 heteroatoms. The Morgan fingerprint density at radius 2 is 2.00 bits per heavy atom. The predicted octanol–water partition coefficient (Wildman–Crippen LogP) is -1.77. The molecule has 15 heavy (non-hydrogen) atoms. The molecule has 0 aliphatic rings. The average molecular weight is 218 g/mol. The van der Waals surface area contributed by atoms with Crippen molar-refractivity contribution < 1.29 is 19.8 Å². The Bertz CT molecular complexity index is 220. The molecular formula is C9H18N2O4. The number of aliphatic hydroxyl groups is 2. The van der Waals surface area contributed by atoms with Crippen LogP contribution in [0.4, 0.5) is 0 Å². The topological polar surface area (TPSA) is 98.7 Å². The Morgan fingerprint density at radius 3 is 2.47 bits per heavy atom. The van der Waals surface area contributed by atoms with Crippen LogP contribution < -0.4 is 10.6 Å².